The number of carbonyl (C=O) groups excluding carboxylic acids is 2. The Bertz CT molecular complexity index is 725. The lowest BCUT2D eigenvalue weighted by Gasteiger charge is -2.31. The maximum Gasteiger partial charge on any atom is 0.272 e. The third kappa shape index (κ3) is 4.49. The van der Waals surface area contributed by atoms with Crippen molar-refractivity contribution >= 4 is 35.1 Å². The average molecular weight is 366 g/mol. The molecule has 1 aromatic carbocycles. The zero-order chi connectivity index (χ0) is 16.9. The predicted octanol–water partition coefficient (Wildman–Crippen LogP) is 1.30. The van der Waals surface area contributed by atoms with E-state index in [1.807, 2.05) is 29.2 Å². The maximum atomic E-state index is 12.2. The summed E-state index contributed by atoms with van der Waals surface area (Å²) in [5, 5.41) is 10.5. The number of halogens is 1. The molecule has 2 aromatic rings. The minimum atomic E-state index is -0.262. The van der Waals surface area contributed by atoms with Crippen LogP contribution in [0.25, 0.3) is 10.9 Å². The van der Waals surface area contributed by atoms with Crippen LogP contribution in [0.1, 0.15) is 29.8 Å². The van der Waals surface area contributed by atoms with E-state index in [0.717, 1.165) is 36.8 Å². The lowest BCUT2D eigenvalue weighted by atomic mass is 9.97. The van der Waals surface area contributed by atoms with Crippen molar-refractivity contribution in [1.82, 2.24) is 20.4 Å². The molecule has 136 valence electrons. The summed E-state index contributed by atoms with van der Waals surface area (Å²) >= 11 is 0. The van der Waals surface area contributed by atoms with Crippen molar-refractivity contribution < 1.29 is 9.59 Å². The fourth-order valence-corrected chi connectivity index (χ4v) is 3.08. The van der Waals surface area contributed by atoms with E-state index in [-0.39, 0.29) is 24.2 Å². The number of H-pyrrole nitrogens is 1. The molecule has 8 heteroatoms. The molecule has 1 aliphatic heterocycles. The Morgan fingerprint density at radius 3 is 2.72 bits per heavy atom. The molecule has 1 aromatic heterocycles. The van der Waals surface area contributed by atoms with E-state index >= 15 is 0 Å². The highest BCUT2D eigenvalue weighted by atomic mass is 35.5. The van der Waals surface area contributed by atoms with Gasteiger partial charge in [-0.15, -0.1) is 12.4 Å². The zero-order valence-electron chi connectivity index (χ0n) is 14.0. The van der Waals surface area contributed by atoms with Gasteiger partial charge in [-0.3, -0.25) is 14.7 Å². The molecule has 25 heavy (non-hydrogen) atoms. The van der Waals surface area contributed by atoms with Crippen molar-refractivity contribution in [3.05, 3.63) is 30.0 Å². The molecule has 7 nitrogen and oxygen atoms in total. The number of hydrogen-bond acceptors (Lipinski definition) is 4. The molecule has 1 aliphatic rings. The summed E-state index contributed by atoms with van der Waals surface area (Å²) < 4.78 is 0. The average Bonchev–Trinajstić information content (AvgIpc) is 3.06. The Kier molecular flexibility index (Phi) is 6.78. The number of amides is 2. The number of piperidine rings is 1. The molecule has 0 spiro atoms. The minimum absolute atomic E-state index is 0. The van der Waals surface area contributed by atoms with E-state index in [9.17, 15) is 9.59 Å². The van der Waals surface area contributed by atoms with Gasteiger partial charge in [-0.1, -0.05) is 18.2 Å². The molecule has 0 radical (unpaired) electrons. The van der Waals surface area contributed by atoms with Gasteiger partial charge in [0.2, 0.25) is 5.91 Å². The highest BCUT2D eigenvalue weighted by Crippen LogP contribution is 2.17. The lowest BCUT2D eigenvalue weighted by molar-refractivity contribution is -0.132. The first-order chi connectivity index (χ1) is 11.7. The first-order valence-corrected chi connectivity index (χ1v) is 8.38. The van der Waals surface area contributed by atoms with Crippen molar-refractivity contribution in [3.8, 4) is 0 Å². The predicted molar refractivity (Wildman–Crippen MR) is 98.7 cm³/mol. The third-order valence-corrected chi connectivity index (χ3v) is 4.61. The Labute approximate surface area is 152 Å². The molecule has 0 unspecified atom stereocenters. The van der Waals surface area contributed by atoms with Crippen molar-refractivity contribution in [3.63, 3.8) is 0 Å². The number of nitrogens with zero attached hydrogens (tertiary/aromatic N) is 2. The first kappa shape index (κ1) is 19.2. The van der Waals surface area contributed by atoms with E-state index in [4.69, 9.17) is 5.73 Å². The van der Waals surface area contributed by atoms with Gasteiger partial charge < -0.3 is 16.0 Å². The van der Waals surface area contributed by atoms with Crippen molar-refractivity contribution in [2.45, 2.75) is 19.3 Å². The molecule has 4 N–H and O–H groups in total. The summed E-state index contributed by atoms with van der Waals surface area (Å²) in [6, 6.07) is 7.46. The third-order valence-electron chi connectivity index (χ3n) is 4.61. The molecule has 1 fully saturated rings. The van der Waals surface area contributed by atoms with E-state index in [0.29, 0.717) is 31.1 Å². The Balaban J connectivity index is 0.00000225. The van der Waals surface area contributed by atoms with Crippen LogP contribution >= 0.6 is 12.4 Å². The highest BCUT2D eigenvalue weighted by molar-refractivity contribution is 6.04. The molecular weight excluding hydrogens is 342 g/mol. The van der Waals surface area contributed by atoms with Crippen LogP contribution in [0.5, 0.6) is 0 Å². The quantitative estimate of drug-likeness (QED) is 0.742. The summed E-state index contributed by atoms with van der Waals surface area (Å²) in [4.78, 5) is 26.3. The van der Waals surface area contributed by atoms with Gasteiger partial charge in [0, 0.05) is 31.4 Å². The molecule has 0 atom stereocenters. The Morgan fingerprint density at radius 1 is 1.28 bits per heavy atom. The summed E-state index contributed by atoms with van der Waals surface area (Å²) in [6.07, 6.45) is 2.24. The van der Waals surface area contributed by atoms with Crippen LogP contribution in [0, 0.1) is 5.92 Å². The standard InChI is InChI=1S/C17H23N5O2.ClH/c18-11-12-6-9-22(10-7-12)15(23)5-8-19-17(24)16-13-3-1-2-4-14(13)20-21-16;/h1-4,12H,5-11,18H2,(H,19,24)(H,20,21);1H. The Hall–Kier alpha value is -2.12. The van der Waals surface area contributed by atoms with Gasteiger partial charge in [0.05, 0.1) is 5.52 Å². The van der Waals surface area contributed by atoms with Crippen molar-refractivity contribution in [2.75, 3.05) is 26.2 Å². The summed E-state index contributed by atoms with van der Waals surface area (Å²) in [6.45, 7) is 2.53. The second-order valence-corrected chi connectivity index (χ2v) is 6.18. The number of rotatable bonds is 5. The molecule has 1 saturated heterocycles. The number of fused-ring (bicyclic) bond motifs is 1. The van der Waals surface area contributed by atoms with Gasteiger partial charge in [0.25, 0.3) is 5.91 Å². The second kappa shape index (κ2) is 8.82. The van der Waals surface area contributed by atoms with Gasteiger partial charge in [0.15, 0.2) is 5.69 Å². The number of benzene rings is 1. The lowest BCUT2D eigenvalue weighted by Crippen LogP contribution is -2.41. The number of para-hydroxylation sites is 1. The van der Waals surface area contributed by atoms with E-state index in [2.05, 4.69) is 15.5 Å². The summed E-state index contributed by atoms with van der Waals surface area (Å²) in [7, 11) is 0. The molecule has 0 bridgehead atoms. The van der Waals surface area contributed by atoms with Gasteiger partial charge in [-0.05, 0) is 31.4 Å². The number of carbonyl (C=O) groups is 2. The monoisotopic (exact) mass is 365 g/mol. The normalized spacial score (nSPS) is 15.0. The van der Waals surface area contributed by atoms with Crippen LogP contribution in [0.15, 0.2) is 24.3 Å². The van der Waals surface area contributed by atoms with E-state index < -0.39 is 0 Å². The zero-order valence-corrected chi connectivity index (χ0v) is 14.8. The summed E-state index contributed by atoms with van der Waals surface area (Å²) in [5.41, 5.74) is 6.85. The van der Waals surface area contributed by atoms with Crippen LogP contribution < -0.4 is 11.1 Å². The SMILES string of the molecule is Cl.NCC1CCN(C(=O)CCNC(=O)c2n[nH]c3ccccc23)CC1. The smallest absolute Gasteiger partial charge is 0.272 e. The molecule has 2 heterocycles. The van der Waals surface area contributed by atoms with Gasteiger partial charge in [0.1, 0.15) is 0 Å². The first-order valence-electron chi connectivity index (χ1n) is 8.38. The van der Waals surface area contributed by atoms with Crippen LogP contribution in [0.3, 0.4) is 0 Å². The highest BCUT2D eigenvalue weighted by Gasteiger charge is 2.22. The molecule has 3 rings (SSSR count). The van der Waals surface area contributed by atoms with Crippen LogP contribution in [0.4, 0.5) is 0 Å². The summed E-state index contributed by atoms with van der Waals surface area (Å²) in [5.74, 6) is 0.349. The molecule has 0 saturated carbocycles. The van der Waals surface area contributed by atoms with E-state index in [1.165, 1.54) is 0 Å². The largest absolute Gasteiger partial charge is 0.350 e. The van der Waals surface area contributed by atoms with Crippen molar-refractivity contribution in [2.24, 2.45) is 11.7 Å². The van der Waals surface area contributed by atoms with Gasteiger partial charge in [-0.25, -0.2) is 0 Å². The Morgan fingerprint density at radius 2 is 2.00 bits per heavy atom. The molecule has 0 aliphatic carbocycles. The van der Waals surface area contributed by atoms with Crippen LogP contribution in [0.2, 0.25) is 0 Å². The fraction of sp³-hybridized carbons (Fsp3) is 0.471. The number of likely N-dealkylation sites (tertiary alicyclic amines) is 1. The van der Waals surface area contributed by atoms with E-state index in [1.54, 1.807) is 0 Å². The van der Waals surface area contributed by atoms with Gasteiger partial charge in [-0.2, -0.15) is 5.10 Å². The number of nitrogens with one attached hydrogen (secondary N) is 2. The van der Waals surface area contributed by atoms with Crippen LogP contribution in [-0.4, -0.2) is 53.1 Å². The van der Waals surface area contributed by atoms with Gasteiger partial charge >= 0.3 is 0 Å². The molecule has 2 amide bonds. The fourth-order valence-electron chi connectivity index (χ4n) is 3.08. The topological polar surface area (TPSA) is 104 Å². The number of nitrogens with two attached hydrogens (primary N) is 1. The van der Waals surface area contributed by atoms with Crippen LogP contribution in [-0.2, 0) is 4.79 Å². The number of hydrogen-bond donors (Lipinski definition) is 3. The van der Waals surface area contributed by atoms with Crippen molar-refractivity contribution in [1.29, 1.82) is 0 Å². The number of aromatic nitrogens is 2. The minimum Gasteiger partial charge on any atom is -0.350 e. The molecular formula is C17H24ClN5O2. The second-order valence-electron chi connectivity index (χ2n) is 6.18. The number of aromatic amines is 1. The maximum absolute atomic E-state index is 12.2.